The molecular formula is C8H17N. The SMILES string of the molecule is CCCN1CC(CC)C1. The molecule has 0 amide bonds. The van der Waals surface area contributed by atoms with Gasteiger partial charge in [0, 0.05) is 13.1 Å². The summed E-state index contributed by atoms with van der Waals surface area (Å²) in [5, 5.41) is 0. The first-order valence-electron chi connectivity index (χ1n) is 4.09. The largest absolute Gasteiger partial charge is 0.303 e. The predicted octanol–water partition coefficient (Wildman–Crippen LogP) is 1.74. The van der Waals surface area contributed by atoms with Crippen LogP contribution in [0.5, 0.6) is 0 Å². The van der Waals surface area contributed by atoms with Gasteiger partial charge in [0.05, 0.1) is 0 Å². The zero-order valence-corrected chi connectivity index (χ0v) is 6.56. The van der Waals surface area contributed by atoms with Crippen molar-refractivity contribution in [1.82, 2.24) is 4.90 Å². The zero-order chi connectivity index (χ0) is 6.69. The Hall–Kier alpha value is -0.0400. The molecule has 0 radical (unpaired) electrons. The van der Waals surface area contributed by atoms with Crippen LogP contribution in [0.25, 0.3) is 0 Å². The maximum absolute atomic E-state index is 2.54. The molecule has 1 heteroatoms. The van der Waals surface area contributed by atoms with E-state index in [1.165, 1.54) is 32.5 Å². The monoisotopic (exact) mass is 127 g/mol. The molecule has 9 heavy (non-hydrogen) atoms. The van der Waals surface area contributed by atoms with Gasteiger partial charge in [-0.1, -0.05) is 20.3 Å². The van der Waals surface area contributed by atoms with Gasteiger partial charge in [-0.3, -0.25) is 0 Å². The number of hydrogen-bond donors (Lipinski definition) is 0. The standard InChI is InChI=1S/C8H17N/c1-3-5-9-6-8(4-2)7-9/h8H,3-7H2,1-2H3. The summed E-state index contributed by atoms with van der Waals surface area (Å²) in [4.78, 5) is 2.54. The number of nitrogens with zero attached hydrogens (tertiary/aromatic N) is 1. The smallest absolute Gasteiger partial charge is 0.00219 e. The van der Waals surface area contributed by atoms with Crippen LogP contribution < -0.4 is 0 Å². The van der Waals surface area contributed by atoms with E-state index in [0.29, 0.717) is 0 Å². The Labute approximate surface area is 58.0 Å². The molecule has 54 valence electrons. The van der Waals surface area contributed by atoms with Gasteiger partial charge < -0.3 is 4.90 Å². The first-order valence-corrected chi connectivity index (χ1v) is 4.09. The third-order valence-corrected chi connectivity index (χ3v) is 2.15. The summed E-state index contributed by atoms with van der Waals surface area (Å²) in [6, 6.07) is 0. The van der Waals surface area contributed by atoms with E-state index in [-0.39, 0.29) is 0 Å². The lowest BCUT2D eigenvalue weighted by atomic mass is 9.97. The van der Waals surface area contributed by atoms with Crippen molar-refractivity contribution in [3.05, 3.63) is 0 Å². The molecule has 1 rings (SSSR count). The van der Waals surface area contributed by atoms with E-state index >= 15 is 0 Å². The molecule has 0 saturated carbocycles. The number of hydrogen-bond acceptors (Lipinski definition) is 1. The van der Waals surface area contributed by atoms with Crippen molar-refractivity contribution in [2.45, 2.75) is 26.7 Å². The summed E-state index contributed by atoms with van der Waals surface area (Å²) in [7, 11) is 0. The first kappa shape index (κ1) is 7.07. The third kappa shape index (κ3) is 1.68. The molecule has 0 spiro atoms. The summed E-state index contributed by atoms with van der Waals surface area (Å²) in [6.07, 6.45) is 2.69. The van der Waals surface area contributed by atoms with Gasteiger partial charge in [-0.05, 0) is 18.9 Å². The molecule has 0 N–H and O–H groups in total. The summed E-state index contributed by atoms with van der Waals surface area (Å²) in [5.41, 5.74) is 0. The lowest BCUT2D eigenvalue weighted by Crippen LogP contribution is -2.46. The fourth-order valence-corrected chi connectivity index (χ4v) is 1.43. The molecule has 0 aromatic rings. The van der Waals surface area contributed by atoms with Crippen LogP contribution in [0, 0.1) is 5.92 Å². The molecule has 0 bridgehead atoms. The Morgan fingerprint density at radius 2 is 2.00 bits per heavy atom. The van der Waals surface area contributed by atoms with E-state index in [9.17, 15) is 0 Å². The van der Waals surface area contributed by atoms with E-state index in [2.05, 4.69) is 18.7 Å². The minimum Gasteiger partial charge on any atom is -0.303 e. The van der Waals surface area contributed by atoms with Crippen LogP contribution >= 0.6 is 0 Å². The lowest BCUT2D eigenvalue weighted by molar-refractivity contribution is 0.0982. The van der Waals surface area contributed by atoms with Gasteiger partial charge in [-0.25, -0.2) is 0 Å². The van der Waals surface area contributed by atoms with Gasteiger partial charge >= 0.3 is 0 Å². The summed E-state index contributed by atoms with van der Waals surface area (Å²) < 4.78 is 0. The van der Waals surface area contributed by atoms with Gasteiger partial charge in [0.15, 0.2) is 0 Å². The fourth-order valence-electron chi connectivity index (χ4n) is 1.43. The number of rotatable bonds is 3. The van der Waals surface area contributed by atoms with E-state index in [1.807, 2.05) is 0 Å². The van der Waals surface area contributed by atoms with E-state index in [4.69, 9.17) is 0 Å². The lowest BCUT2D eigenvalue weighted by Gasteiger charge is -2.38. The average Bonchev–Trinajstić information content (AvgIpc) is 1.77. The summed E-state index contributed by atoms with van der Waals surface area (Å²) >= 11 is 0. The van der Waals surface area contributed by atoms with Crippen LogP contribution in [0.1, 0.15) is 26.7 Å². The second kappa shape index (κ2) is 3.21. The molecule has 0 aromatic carbocycles. The maximum atomic E-state index is 2.54. The van der Waals surface area contributed by atoms with Crippen LogP contribution in [0.3, 0.4) is 0 Å². The van der Waals surface area contributed by atoms with Crippen LogP contribution in [0.15, 0.2) is 0 Å². The highest BCUT2D eigenvalue weighted by Crippen LogP contribution is 2.17. The molecule has 0 unspecified atom stereocenters. The predicted molar refractivity (Wildman–Crippen MR) is 40.5 cm³/mol. The van der Waals surface area contributed by atoms with Crippen LogP contribution in [-0.2, 0) is 0 Å². The highest BCUT2D eigenvalue weighted by atomic mass is 15.2. The summed E-state index contributed by atoms with van der Waals surface area (Å²) in [6.45, 7) is 8.58. The van der Waals surface area contributed by atoms with Crippen molar-refractivity contribution < 1.29 is 0 Å². The molecule has 1 aliphatic heterocycles. The Bertz CT molecular complexity index is 74.6. The normalized spacial score (nSPS) is 22.0. The highest BCUT2D eigenvalue weighted by Gasteiger charge is 2.23. The van der Waals surface area contributed by atoms with E-state index in [0.717, 1.165) is 5.92 Å². The van der Waals surface area contributed by atoms with E-state index < -0.39 is 0 Å². The topological polar surface area (TPSA) is 3.24 Å². The van der Waals surface area contributed by atoms with Crippen molar-refractivity contribution in [2.75, 3.05) is 19.6 Å². The zero-order valence-electron chi connectivity index (χ0n) is 6.56. The summed E-state index contributed by atoms with van der Waals surface area (Å²) in [5.74, 6) is 1.02. The minimum atomic E-state index is 1.02. The second-order valence-electron chi connectivity index (χ2n) is 3.03. The molecule has 1 saturated heterocycles. The van der Waals surface area contributed by atoms with Crippen molar-refractivity contribution in [1.29, 1.82) is 0 Å². The van der Waals surface area contributed by atoms with Gasteiger partial charge in [-0.2, -0.15) is 0 Å². The molecule has 1 aliphatic rings. The van der Waals surface area contributed by atoms with Crippen molar-refractivity contribution in [2.24, 2.45) is 5.92 Å². The molecule has 0 aromatic heterocycles. The Morgan fingerprint density at radius 3 is 2.44 bits per heavy atom. The molecule has 1 fully saturated rings. The van der Waals surface area contributed by atoms with Gasteiger partial charge in [0.25, 0.3) is 0 Å². The molecule has 1 nitrogen and oxygen atoms in total. The van der Waals surface area contributed by atoms with Gasteiger partial charge in [0.1, 0.15) is 0 Å². The quantitative estimate of drug-likeness (QED) is 0.558. The Morgan fingerprint density at radius 1 is 1.33 bits per heavy atom. The molecular weight excluding hydrogens is 110 g/mol. The van der Waals surface area contributed by atoms with Crippen molar-refractivity contribution in [3.63, 3.8) is 0 Å². The Kier molecular flexibility index (Phi) is 2.52. The number of likely N-dealkylation sites (tertiary alicyclic amines) is 1. The average molecular weight is 127 g/mol. The highest BCUT2D eigenvalue weighted by molar-refractivity contribution is 4.77. The van der Waals surface area contributed by atoms with Gasteiger partial charge in [0.2, 0.25) is 0 Å². The van der Waals surface area contributed by atoms with Crippen LogP contribution in [0.2, 0.25) is 0 Å². The third-order valence-electron chi connectivity index (χ3n) is 2.15. The minimum absolute atomic E-state index is 1.02. The maximum Gasteiger partial charge on any atom is 0.00219 e. The van der Waals surface area contributed by atoms with E-state index in [1.54, 1.807) is 0 Å². The molecule has 1 heterocycles. The van der Waals surface area contributed by atoms with Crippen molar-refractivity contribution in [3.8, 4) is 0 Å². The fraction of sp³-hybridized carbons (Fsp3) is 1.00. The second-order valence-corrected chi connectivity index (χ2v) is 3.03. The van der Waals surface area contributed by atoms with Crippen molar-refractivity contribution >= 4 is 0 Å². The first-order chi connectivity index (χ1) is 4.36. The Balaban J connectivity index is 1.98. The van der Waals surface area contributed by atoms with Gasteiger partial charge in [-0.15, -0.1) is 0 Å². The van der Waals surface area contributed by atoms with Crippen LogP contribution in [-0.4, -0.2) is 24.5 Å². The molecule has 0 aliphatic carbocycles. The van der Waals surface area contributed by atoms with Crippen LogP contribution in [0.4, 0.5) is 0 Å². The molecule has 0 atom stereocenters.